The Morgan fingerprint density at radius 3 is 1.47 bits per heavy atom. The summed E-state index contributed by atoms with van der Waals surface area (Å²) in [5.41, 5.74) is 5.33. The zero-order valence-corrected chi connectivity index (χ0v) is 35.2. The Labute approximate surface area is 333 Å². The maximum absolute atomic E-state index is 12.6. The number of hydrogen-bond donors (Lipinski definition) is 3. The Morgan fingerprint density at radius 1 is 0.564 bits per heavy atom. The number of aliphatic carboxylic acids is 1. The van der Waals surface area contributed by atoms with Gasteiger partial charge in [0.15, 0.2) is 6.10 Å². The van der Waals surface area contributed by atoms with Crippen LogP contribution in [0.4, 0.5) is 0 Å². The van der Waals surface area contributed by atoms with E-state index in [1.165, 1.54) is 57.8 Å². The fourth-order valence-electron chi connectivity index (χ4n) is 5.40. The van der Waals surface area contributed by atoms with Gasteiger partial charge in [0.05, 0.1) is 13.2 Å². The summed E-state index contributed by atoms with van der Waals surface area (Å²) in [4.78, 5) is 45.9. The molecule has 318 valence electrons. The first-order chi connectivity index (χ1) is 26.6. The molecule has 3 atom stereocenters. The lowest BCUT2D eigenvalue weighted by atomic mass is 10.1. The predicted molar refractivity (Wildman–Crippen MR) is 222 cm³/mol. The number of carboxylic acids is 1. The predicted octanol–water partition coefficient (Wildman–Crippen LogP) is 11.0. The minimum Gasteiger partial charge on any atom is -0.480 e. The van der Waals surface area contributed by atoms with Gasteiger partial charge >= 0.3 is 25.7 Å². The van der Waals surface area contributed by atoms with Crippen molar-refractivity contribution in [3.63, 3.8) is 0 Å². The minimum atomic E-state index is -4.72. The second-order valence-electron chi connectivity index (χ2n) is 14.1. The van der Waals surface area contributed by atoms with Crippen molar-refractivity contribution in [1.82, 2.24) is 0 Å². The zero-order chi connectivity index (χ0) is 40.7. The molecule has 0 heterocycles. The van der Waals surface area contributed by atoms with E-state index in [9.17, 15) is 23.8 Å². The molecule has 11 nitrogen and oxygen atoms in total. The van der Waals surface area contributed by atoms with Crippen LogP contribution in [-0.4, -0.2) is 59.9 Å². The SMILES string of the molecule is CCCC/C=C\C/C=C\CCCCCCCC(=O)O[C@H](COC(=O)CCCCCCCCC/C=C\C/C=C\CCCCC)COP(=O)(O)OC[C@H](N)C(=O)O. The fourth-order valence-corrected chi connectivity index (χ4v) is 6.18. The summed E-state index contributed by atoms with van der Waals surface area (Å²) >= 11 is 0. The van der Waals surface area contributed by atoms with E-state index < -0.39 is 51.1 Å². The first-order valence-electron chi connectivity index (χ1n) is 21.2. The van der Waals surface area contributed by atoms with Gasteiger partial charge in [-0.2, -0.15) is 0 Å². The second kappa shape index (κ2) is 38.3. The van der Waals surface area contributed by atoms with Gasteiger partial charge in [-0.1, -0.05) is 140 Å². The Hall–Kier alpha value is -2.56. The fraction of sp³-hybridized carbons (Fsp3) is 0.744. The summed E-state index contributed by atoms with van der Waals surface area (Å²) in [5, 5.41) is 8.88. The molecular formula is C43H76NO10P. The smallest absolute Gasteiger partial charge is 0.472 e. The van der Waals surface area contributed by atoms with E-state index in [1.807, 2.05) is 0 Å². The number of carboxylic acid groups (broad SMARTS) is 1. The number of nitrogens with two attached hydrogens (primary N) is 1. The summed E-state index contributed by atoms with van der Waals surface area (Å²) in [6.45, 7) is 2.70. The van der Waals surface area contributed by atoms with Crippen molar-refractivity contribution in [2.45, 2.75) is 187 Å². The summed E-state index contributed by atoms with van der Waals surface area (Å²) in [7, 11) is -4.72. The van der Waals surface area contributed by atoms with Crippen LogP contribution in [0, 0.1) is 0 Å². The number of allylic oxidation sites excluding steroid dienone is 8. The number of carbonyl (C=O) groups excluding carboxylic acids is 2. The van der Waals surface area contributed by atoms with Gasteiger partial charge in [-0.25, -0.2) is 4.57 Å². The normalized spacial score (nSPS) is 14.3. The van der Waals surface area contributed by atoms with E-state index in [0.29, 0.717) is 12.8 Å². The first kappa shape index (κ1) is 52.4. The van der Waals surface area contributed by atoms with E-state index in [-0.39, 0.29) is 19.4 Å². The van der Waals surface area contributed by atoms with Crippen molar-refractivity contribution in [3.8, 4) is 0 Å². The number of phosphoric acid groups is 1. The van der Waals surface area contributed by atoms with Crippen molar-refractivity contribution in [2.75, 3.05) is 19.8 Å². The lowest BCUT2D eigenvalue weighted by molar-refractivity contribution is -0.161. The number of hydrogen-bond acceptors (Lipinski definition) is 9. The maximum atomic E-state index is 12.6. The van der Waals surface area contributed by atoms with Gasteiger partial charge < -0.3 is 25.2 Å². The molecule has 0 bridgehead atoms. The molecule has 0 aromatic carbocycles. The lowest BCUT2D eigenvalue weighted by Crippen LogP contribution is -2.34. The van der Waals surface area contributed by atoms with Crippen molar-refractivity contribution in [2.24, 2.45) is 5.73 Å². The number of phosphoric ester groups is 1. The van der Waals surface area contributed by atoms with Gasteiger partial charge in [-0.3, -0.25) is 23.4 Å². The van der Waals surface area contributed by atoms with Crippen LogP contribution in [0.1, 0.15) is 174 Å². The van der Waals surface area contributed by atoms with Crippen LogP contribution in [0.25, 0.3) is 0 Å². The highest BCUT2D eigenvalue weighted by Crippen LogP contribution is 2.43. The molecule has 55 heavy (non-hydrogen) atoms. The largest absolute Gasteiger partial charge is 0.480 e. The third-order valence-corrected chi connectivity index (χ3v) is 9.75. The Kier molecular flexibility index (Phi) is 36.5. The van der Waals surface area contributed by atoms with Crippen molar-refractivity contribution >= 4 is 25.7 Å². The average Bonchev–Trinajstić information content (AvgIpc) is 3.16. The van der Waals surface area contributed by atoms with Gasteiger partial charge in [0.1, 0.15) is 12.6 Å². The highest BCUT2D eigenvalue weighted by molar-refractivity contribution is 7.47. The number of ether oxygens (including phenoxy) is 2. The number of rotatable bonds is 39. The lowest BCUT2D eigenvalue weighted by Gasteiger charge is -2.20. The maximum Gasteiger partial charge on any atom is 0.472 e. The van der Waals surface area contributed by atoms with Gasteiger partial charge in [-0.05, 0) is 70.6 Å². The van der Waals surface area contributed by atoms with Crippen LogP contribution in [-0.2, 0) is 37.5 Å². The quantitative estimate of drug-likeness (QED) is 0.0234. The Bertz CT molecular complexity index is 1120. The second-order valence-corrected chi connectivity index (χ2v) is 15.6. The van der Waals surface area contributed by atoms with Crippen LogP contribution < -0.4 is 5.73 Å². The average molecular weight is 798 g/mol. The van der Waals surface area contributed by atoms with E-state index in [2.05, 4.69) is 67.0 Å². The van der Waals surface area contributed by atoms with Gasteiger partial charge in [-0.15, -0.1) is 0 Å². The van der Waals surface area contributed by atoms with Crippen LogP contribution in [0.3, 0.4) is 0 Å². The standard InChI is InChI=1S/C43H76NO10P/c1-3-5-7-9-11-13-15-17-19-20-21-23-24-26-28-30-32-34-41(45)51-36-39(37-52-55(49,50)53-38-40(44)43(47)48)54-42(46)35-33-31-29-27-25-22-18-16-14-12-10-8-6-4-2/h10-13,16-19,39-40H,3-9,14-15,20-38,44H2,1-2H3,(H,47,48)(H,49,50)/b12-10-,13-11-,18-16-,19-17-/t39-,40+/m1/s1. The molecule has 0 aromatic heterocycles. The molecular weight excluding hydrogens is 721 g/mol. The molecule has 0 saturated heterocycles. The molecule has 0 aromatic rings. The highest BCUT2D eigenvalue weighted by Gasteiger charge is 2.28. The van der Waals surface area contributed by atoms with Crippen LogP contribution in [0.15, 0.2) is 48.6 Å². The van der Waals surface area contributed by atoms with E-state index in [0.717, 1.165) is 77.0 Å². The first-order valence-corrected chi connectivity index (χ1v) is 22.7. The van der Waals surface area contributed by atoms with Crippen molar-refractivity contribution in [3.05, 3.63) is 48.6 Å². The highest BCUT2D eigenvalue weighted by atomic mass is 31.2. The van der Waals surface area contributed by atoms with Crippen molar-refractivity contribution in [1.29, 1.82) is 0 Å². The molecule has 0 rings (SSSR count). The molecule has 0 fully saturated rings. The Morgan fingerprint density at radius 2 is 0.982 bits per heavy atom. The molecule has 0 aliphatic carbocycles. The number of carbonyl (C=O) groups is 3. The van der Waals surface area contributed by atoms with Gasteiger partial charge in [0.25, 0.3) is 0 Å². The molecule has 0 saturated carbocycles. The van der Waals surface area contributed by atoms with E-state index in [4.69, 9.17) is 24.8 Å². The summed E-state index contributed by atoms with van der Waals surface area (Å²) < 4.78 is 32.6. The molecule has 0 amide bonds. The summed E-state index contributed by atoms with van der Waals surface area (Å²) in [6, 6.07) is -1.53. The molecule has 0 spiro atoms. The molecule has 0 radical (unpaired) electrons. The monoisotopic (exact) mass is 798 g/mol. The third-order valence-electron chi connectivity index (χ3n) is 8.80. The molecule has 12 heteroatoms. The van der Waals surface area contributed by atoms with Crippen LogP contribution in [0.2, 0.25) is 0 Å². The zero-order valence-electron chi connectivity index (χ0n) is 34.3. The topological polar surface area (TPSA) is 172 Å². The number of esters is 2. The van der Waals surface area contributed by atoms with Crippen LogP contribution >= 0.6 is 7.82 Å². The Balaban J connectivity index is 4.41. The third kappa shape index (κ3) is 38.1. The molecule has 4 N–H and O–H groups in total. The van der Waals surface area contributed by atoms with Crippen LogP contribution in [0.5, 0.6) is 0 Å². The van der Waals surface area contributed by atoms with E-state index in [1.54, 1.807) is 0 Å². The number of unbranched alkanes of at least 4 members (excludes halogenated alkanes) is 17. The van der Waals surface area contributed by atoms with Gasteiger partial charge in [0, 0.05) is 12.8 Å². The van der Waals surface area contributed by atoms with Crippen molar-refractivity contribution < 1.29 is 47.5 Å². The molecule has 1 unspecified atom stereocenters. The van der Waals surface area contributed by atoms with Gasteiger partial charge in [0.2, 0.25) is 0 Å². The summed E-state index contributed by atoms with van der Waals surface area (Å²) in [5.74, 6) is -2.41. The summed E-state index contributed by atoms with van der Waals surface area (Å²) in [6.07, 6.45) is 41.7. The van der Waals surface area contributed by atoms with E-state index >= 15 is 0 Å². The molecule has 0 aliphatic heterocycles. The minimum absolute atomic E-state index is 0.142. The molecule has 0 aliphatic rings.